The molecular formula is C16H16ClNO2. The second kappa shape index (κ2) is 6.96. The number of carbonyl (C=O) groups excluding carboxylic acids is 1. The van der Waals surface area contributed by atoms with E-state index in [0.717, 1.165) is 5.69 Å². The molecule has 0 bridgehead atoms. The molecule has 1 unspecified atom stereocenters. The van der Waals surface area contributed by atoms with Crippen molar-refractivity contribution in [2.45, 2.75) is 19.4 Å². The second-order valence-electron chi connectivity index (χ2n) is 4.32. The predicted octanol–water partition coefficient (Wildman–Crippen LogP) is 4.14. The van der Waals surface area contributed by atoms with Gasteiger partial charge in [0, 0.05) is 10.7 Å². The van der Waals surface area contributed by atoms with Gasteiger partial charge >= 0.3 is 0 Å². The van der Waals surface area contributed by atoms with Crippen LogP contribution in [0.5, 0.6) is 5.75 Å². The molecule has 2 aromatic carbocycles. The minimum absolute atomic E-state index is 0.159. The third kappa shape index (κ3) is 4.00. The zero-order chi connectivity index (χ0) is 14.4. The van der Waals surface area contributed by atoms with Crippen molar-refractivity contribution in [3.8, 4) is 5.75 Å². The van der Waals surface area contributed by atoms with Crippen molar-refractivity contribution in [1.29, 1.82) is 0 Å². The van der Waals surface area contributed by atoms with Crippen LogP contribution in [0.25, 0.3) is 0 Å². The Balaban J connectivity index is 2.00. The first-order valence-corrected chi connectivity index (χ1v) is 6.85. The van der Waals surface area contributed by atoms with E-state index in [4.69, 9.17) is 16.3 Å². The highest BCUT2D eigenvalue weighted by molar-refractivity contribution is 6.30. The average Bonchev–Trinajstić information content (AvgIpc) is 2.47. The first-order chi connectivity index (χ1) is 9.69. The molecule has 0 radical (unpaired) electrons. The summed E-state index contributed by atoms with van der Waals surface area (Å²) in [7, 11) is 0. The van der Waals surface area contributed by atoms with Crippen LogP contribution in [0.15, 0.2) is 54.6 Å². The molecule has 2 rings (SSSR count). The minimum atomic E-state index is -0.531. The number of halogens is 1. The van der Waals surface area contributed by atoms with Gasteiger partial charge in [0.15, 0.2) is 6.10 Å². The Morgan fingerprint density at radius 3 is 2.40 bits per heavy atom. The number of nitrogens with one attached hydrogen (secondary N) is 1. The molecule has 104 valence electrons. The SMILES string of the molecule is CCC(Oc1ccc(Cl)cc1)C(=O)Nc1ccccc1. The van der Waals surface area contributed by atoms with Crippen LogP contribution >= 0.6 is 11.6 Å². The lowest BCUT2D eigenvalue weighted by Gasteiger charge is -2.17. The number of carbonyl (C=O) groups is 1. The normalized spacial score (nSPS) is 11.7. The highest BCUT2D eigenvalue weighted by Crippen LogP contribution is 2.18. The first kappa shape index (κ1) is 14.4. The third-order valence-corrected chi connectivity index (χ3v) is 3.05. The second-order valence-corrected chi connectivity index (χ2v) is 4.76. The van der Waals surface area contributed by atoms with Gasteiger partial charge in [0.05, 0.1) is 0 Å². The van der Waals surface area contributed by atoms with E-state index in [-0.39, 0.29) is 5.91 Å². The van der Waals surface area contributed by atoms with Crippen LogP contribution in [-0.2, 0) is 4.79 Å². The van der Waals surface area contributed by atoms with Crippen molar-refractivity contribution >= 4 is 23.2 Å². The molecule has 0 aliphatic rings. The fraction of sp³-hybridized carbons (Fsp3) is 0.188. The number of anilines is 1. The summed E-state index contributed by atoms with van der Waals surface area (Å²) in [4.78, 5) is 12.2. The van der Waals surface area contributed by atoms with Gasteiger partial charge in [0.25, 0.3) is 5.91 Å². The molecular weight excluding hydrogens is 274 g/mol. The summed E-state index contributed by atoms with van der Waals surface area (Å²) in [5, 5.41) is 3.47. The summed E-state index contributed by atoms with van der Waals surface area (Å²) in [6.45, 7) is 1.91. The average molecular weight is 290 g/mol. The van der Waals surface area contributed by atoms with Gasteiger partial charge in [-0.2, -0.15) is 0 Å². The van der Waals surface area contributed by atoms with E-state index in [0.29, 0.717) is 17.2 Å². The van der Waals surface area contributed by atoms with Crippen molar-refractivity contribution in [3.05, 3.63) is 59.6 Å². The molecule has 0 aliphatic heterocycles. The molecule has 1 atom stereocenters. The molecule has 1 N–H and O–H groups in total. The summed E-state index contributed by atoms with van der Waals surface area (Å²) in [6.07, 6.45) is 0.0535. The van der Waals surface area contributed by atoms with Crippen molar-refractivity contribution < 1.29 is 9.53 Å². The van der Waals surface area contributed by atoms with Gasteiger partial charge in [-0.3, -0.25) is 4.79 Å². The van der Waals surface area contributed by atoms with Gasteiger partial charge in [-0.05, 0) is 42.8 Å². The van der Waals surface area contributed by atoms with Crippen LogP contribution in [0.1, 0.15) is 13.3 Å². The lowest BCUT2D eigenvalue weighted by Crippen LogP contribution is -2.32. The highest BCUT2D eigenvalue weighted by atomic mass is 35.5. The van der Waals surface area contributed by atoms with Crippen LogP contribution in [-0.4, -0.2) is 12.0 Å². The van der Waals surface area contributed by atoms with Crippen molar-refractivity contribution in [2.24, 2.45) is 0 Å². The molecule has 0 fully saturated rings. The van der Waals surface area contributed by atoms with Crippen LogP contribution in [0.3, 0.4) is 0 Å². The Hall–Kier alpha value is -2.00. The van der Waals surface area contributed by atoms with E-state index in [9.17, 15) is 4.79 Å². The monoisotopic (exact) mass is 289 g/mol. The van der Waals surface area contributed by atoms with E-state index < -0.39 is 6.10 Å². The number of hydrogen-bond donors (Lipinski definition) is 1. The van der Waals surface area contributed by atoms with Crippen LogP contribution in [0.4, 0.5) is 5.69 Å². The number of rotatable bonds is 5. The lowest BCUT2D eigenvalue weighted by atomic mass is 10.2. The summed E-state index contributed by atoms with van der Waals surface area (Å²) in [6, 6.07) is 16.3. The Morgan fingerprint density at radius 1 is 1.15 bits per heavy atom. The number of benzene rings is 2. The fourth-order valence-corrected chi connectivity index (χ4v) is 1.87. The highest BCUT2D eigenvalue weighted by Gasteiger charge is 2.18. The molecule has 20 heavy (non-hydrogen) atoms. The van der Waals surface area contributed by atoms with E-state index in [2.05, 4.69) is 5.32 Å². The van der Waals surface area contributed by atoms with Crippen LogP contribution in [0.2, 0.25) is 5.02 Å². The fourth-order valence-electron chi connectivity index (χ4n) is 1.74. The number of amides is 1. The molecule has 0 saturated heterocycles. The summed E-state index contributed by atoms with van der Waals surface area (Å²) in [5.74, 6) is 0.470. The Kier molecular flexibility index (Phi) is 5.02. The van der Waals surface area contributed by atoms with E-state index in [1.54, 1.807) is 24.3 Å². The molecule has 1 amide bonds. The minimum Gasteiger partial charge on any atom is -0.481 e. The lowest BCUT2D eigenvalue weighted by molar-refractivity contribution is -0.122. The summed E-state index contributed by atoms with van der Waals surface area (Å²) < 4.78 is 5.68. The zero-order valence-electron chi connectivity index (χ0n) is 11.2. The van der Waals surface area contributed by atoms with Gasteiger partial charge < -0.3 is 10.1 Å². The molecule has 0 aromatic heterocycles. The van der Waals surface area contributed by atoms with E-state index >= 15 is 0 Å². The zero-order valence-corrected chi connectivity index (χ0v) is 11.9. The maximum Gasteiger partial charge on any atom is 0.265 e. The quantitative estimate of drug-likeness (QED) is 0.898. The van der Waals surface area contributed by atoms with Crippen LogP contribution < -0.4 is 10.1 Å². The van der Waals surface area contributed by atoms with Crippen molar-refractivity contribution in [3.63, 3.8) is 0 Å². The number of ether oxygens (including phenoxy) is 1. The molecule has 0 heterocycles. The Morgan fingerprint density at radius 2 is 1.80 bits per heavy atom. The van der Waals surface area contributed by atoms with Crippen molar-refractivity contribution in [2.75, 3.05) is 5.32 Å². The smallest absolute Gasteiger partial charge is 0.265 e. The number of hydrogen-bond acceptors (Lipinski definition) is 2. The van der Waals surface area contributed by atoms with Gasteiger partial charge in [-0.1, -0.05) is 36.7 Å². The maximum absolute atomic E-state index is 12.2. The van der Waals surface area contributed by atoms with Gasteiger partial charge in [0.2, 0.25) is 0 Å². The molecule has 3 nitrogen and oxygen atoms in total. The topological polar surface area (TPSA) is 38.3 Å². The third-order valence-electron chi connectivity index (χ3n) is 2.80. The molecule has 0 aliphatic carbocycles. The van der Waals surface area contributed by atoms with E-state index in [1.165, 1.54) is 0 Å². The van der Waals surface area contributed by atoms with Crippen LogP contribution in [0, 0.1) is 0 Å². The largest absolute Gasteiger partial charge is 0.481 e. The standard InChI is InChI=1S/C16H16ClNO2/c1-2-15(20-14-10-8-12(17)9-11-14)16(19)18-13-6-4-3-5-7-13/h3-11,15H,2H2,1H3,(H,18,19). The Labute approximate surface area is 123 Å². The predicted molar refractivity (Wildman–Crippen MR) is 81.2 cm³/mol. The van der Waals surface area contributed by atoms with Gasteiger partial charge in [-0.25, -0.2) is 0 Å². The first-order valence-electron chi connectivity index (χ1n) is 6.47. The summed E-state index contributed by atoms with van der Waals surface area (Å²) in [5.41, 5.74) is 0.760. The maximum atomic E-state index is 12.2. The summed E-state index contributed by atoms with van der Waals surface area (Å²) >= 11 is 5.82. The van der Waals surface area contributed by atoms with Gasteiger partial charge in [0.1, 0.15) is 5.75 Å². The molecule has 0 saturated carbocycles. The Bertz CT molecular complexity index is 554. The molecule has 2 aromatic rings. The van der Waals surface area contributed by atoms with Crippen molar-refractivity contribution in [1.82, 2.24) is 0 Å². The number of para-hydroxylation sites is 1. The van der Waals surface area contributed by atoms with Gasteiger partial charge in [-0.15, -0.1) is 0 Å². The molecule has 0 spiro atoms. The van der Waals surface area contributed by atoms with E-state index in [1.807, 2.05) is 37.3 Å². The molecule has 4 heteroatoms.